The van der Waals surface area contributed by atoms with Gasteiger partial charge < -0.3 is 10.2 Å². The highest BCUT2D eigenvalue weighted by atomic mass is 35.5. The molecule has 0 spiro atoms. The molecule has 1 N–H and O–H groups in total. The zero-order chi connectivity index (χ0) is 11.4. The van der Waals surface area contributed by atoms with Crippen molar-refractivity contribution in [3.05, 3.63) is 15.5 Å². The Kier molecular flexibility index (Phi) is 3.59. The van der Waals surface area contributed by atoms with Gasteiger partial charge in [0.2, 0.25) is 12.2 Å². The van der Waals surface area contributed by atoms with E-state index in [2.05, 4.69) is 15.3 Å². The fourth-order valence-electron chi connectivity index (χ4n) is 1.54. The van der Waals surface area contributed by atoms with Crippen LogP contribution in [0, 0.1) is 11.5 Å². The van der Waals surface area contributed by atoms with Gasteiger partial charge >= 0.3 is 0 Å². The van der Waals surface area contributed by atoms with Crippen LogP contribution in [0.15, 0.2) is 11.2 Å². The van der Waals surface area contributed by atoms with Gasteiger partial charge in [0.25, 0.3) is 0 Å². The van der Waals surface area contributed by atoms with Crippen LogP contribution in [-0.4, -0.2) is 28.9 Å². The molecule has 0 aliphatic carbocycles. The van der Waals surface area contributed by atoms with Gasteiger partial charge in [-0.3, -0.25) is 0 Å². The third-order valence-electron chi connectivity index (χ3n) is 2.22. The van der Waals surface area contributed by atoms with Gasteiger partial charge in [-0.15, -0.1) is 16.3 Å². The zero-order valence-corrected chi connectivity index (χ0v) is 10.1. The first-order valence-corrected chi connectivity index (χ1v) is 6.05. The summed E-state index contributed by atoms with van der Waals surface area (Å²) >= 11 is 7.21. The molecular weight excluding hydrogens is 246 g/mol. The van der Waals surface area contributed by atoms with Crippen LogP contribution in [0.2, 0.25) is 4.47 Å². The number of aliphatic imine (C=N–C) groups is 1. The number of nitrogens with zero attached hydrogens (tertiary/aromatic N) is 4. The first-order valence-electron chi connectivity index (χ1n) is 4.85. The lowest BCUT2D eigenvalue weighted by molar-refractivity contribution is 0.364. The monoisotopic (exact) mass is 255 g/mol. The highest BCUT2D eigenvalue weighted by Crippen LogP contribution is 2.19. The van der Waals surface area contributed by atoms with E-state index in [1.807, 2.05) is 4.90 Å². The molecule has 7 heteroatoms. The number of nitrogens with one attached hydrogen (secondary N) is 1. The molecule has 0 saturated carbocycles. The molecule has 16 heavy (non-hydrogen) atoms. The van der Waals surface area contributed by atoms with Gasteiger partial charge in [-0.05, 0) is 6.42 Å². The lowest BCUT2D eigenvalue weighted by Gasteiger charge is -2.29. The van der Waals surface area contributed by atoms with Gasteiger partial charge in [0.1, 0.15) is 0 Å². The van der Waals surface area contributed by atoms with E-state index in [1.54, 1.807) is 12.4 Å². The summed E-state index contributed by atoms with van der Waals surface area (Å²) in [6, 6.07) is 0. The van der Waals surface area contributed by atoms with Gasteiger partial charge in [-0.1, -0.05) is 11.6 Å². The Morgan fingerprint density at radius 1 is 1.75 bits per heavy atom. The Labute approximate surface area is 102 Å². The molecule has 1 aromatic rings. The van der Waals surface area contributed by atoms with E-state index in [0.29, 0.717) is 17.0 Å². The van der Waals surface area contributed by atoms with Crippen molar-refractivity contribution in [2.24, 2.45) is 4.99 Å². The van der Waals surface area contributed by atoms with E-state index < -0.39 is 0 Å². The molecule has 0 aromatic carbocycles. The molecule has 1 aromatic heterocycles. The molecule has 1 aliphatic heterocycles. The normalized spacial score (nSPS) is 18.2. The molecule has 0 unspecified atom stereocenters. The van der Waals surface area contributed by atoms with Crippen molar-refractivity contribution in [3.63, 3.8) is 0 Å². The minimum atomic E-state index is 0.541. The van der Waals surface area contributed by atoms with Gasteiger partial charge in [-0.25, -0.2) is 4.98 Å². The molecule has 1 aliphatic rings. The molecule has 0 atom stereocenters. The predicted molar refractivity (Wildman–Crippen MR) is 63.2 cm³/mol. The predicted octanol–water partition coefficient (Wildman–Crippen LogP) is 1.43. The lowest BCUT2D eigenvalue weighted by atomic mass is 10.3. The highest BCUT2D eigenvalue weighted by Gasteiger charge is 2.17. The fraction of sp³-hybridized carbons (Fsp3) is 0.444. The summed E-state index contributed by atoms with van der Waals surface area (Å²) in [5.74, 6) is 0.637. The number of guanidine groups is 1. The average Bonchev–Trinajstić information content (AvgIpc) is 2.67. The van der Waals surface area contributed by atoms with Crippen molar-refractivity contribution in [1.82, 2.24) is 15.2 Å². The quantitative estimate of drug-likeness (QED) is 0.812. The maximum absolute atomic E-state index is 8.57. The number of nitriles is 1. The molecule has 0 bridgehead atoms. The topological polar surface area (TPSA) is 64.3 Å². The van der Waals surface area contributed by atoms with Crippen molar-refractivity contribution in [2.75, 3.05) is 13.1 Å². The summed E-state index contributed by atoms with van der Waals surface area (Å²) in [7, 11) is 0. The third-order valence-corrected chi connectivity index (χ3v) is 3.32. The minimum Gasteiger partial charge on any atom is -0.355 e. The van der Waals surface area contributed by atoms with Crippen LogP contribution >= 0.6 is 22.9 Å². The zero-order valence-electron chi connectivity index (χ0n) is 8.48. The van der Waals surface area contributed by atoms with E-state index in [9.17, 15) is 0 Å². The van der Waals surface area contributed by atoms with E-state index in [-0.39, 0.29) is 0 Å². The molecule has 0 amide bonds. The van der Waals surface area contributed by atoms with Crippen molar-refractivity contribution < 1.29 is 0 Å². The molecule has 2 heterocycles. The summed E-state index contributed by atoms with van der Waals surface area (Å²) in [5.41, 5.74) is 0. The molecule has 1 fully saturated rings. The first-order chi connectivity index (χ1) is 7.79. The van der Waals surface area contributed by atoms with Crippen LogP contribution in [0.3, 0.4) is 0 Å². The van der Waals surface area contributed by atoms with E-state index in [1.165, 1.54) is 11.3 Å². The summed E-state index contributed by atoms with van der Waals surface area (Å²) in [6.07, 6.45) is 4.60. The van der Waals surface area contributed by atoms with Crippen LogP contribution in [0.25, 0.3) is 0 Å². The number of rotatable bonds is 2. The van der Waals surface area contributed by atoms with Crippen molar-refractivity contribution in [2.45, 2.75) is 13.0 Å². The first kappa shape index (κ1) is 11.2. The molecule has 84 valence electrons. The highest BCUT2D eigenvalue weighted by molar-refractivity contribution is 7.15. The van der Waals surface area contributed by atoms with Crippen molar-refractivity contribution in [3.8, 4) is 6.19 Å². The van der Waals surface area contributed by atoms with Crippen LogP contribution < -0.4 is 5.32 Å². The fourth-order valence-corrected chi connectivity index (χ4v) is 2.54. The number of hydrogen-bond acceptors (Lipinski definition) is 4. The molecule has 0 radical (unpaired) electrons. The van der Waals surface area contributed by atoms with Crippen LogP contribution in [0.5, 0.6) is 0 Å². The average molecular weight is 256 g/mol. The second-order valence-corrected chi connectivity index (χ2v) is 5.01. The lowest BCUT2D eigenvalue weighted by Crippen LogP contribution is -2.46. The minimum absolute atomic E-state index is 0.541. The van der Waals surface area contributed by atoms with E-state index in [0.717, 1.165) is 24.4 Å². The van der Waals surface area contributed by atoms with E-state index >= 15 is 0 Å². The SMILES string of the molecule is N#CN=C1NCCCN1Cc1cnc(Cl)s1. The summed E-state index contributed by atoms with van der Waals surface area (Å²) in [6.45, 7) is 2.45. The third kappa shape index (κ3) is 2.62. The number of hydrogen-bond donors (Lipinski definition) is 1. The van der Waals surface area contributed by atoms with Crippen LogP contribution in [0.4, 0.5) is 0 Å². The molecule has 1 saturated heterocycles. The standard InChI is InChI=1S/C9H10ClN5S/c10-8-13-4-7(16-8)5-15-3-1-2-12-9(15)14-6-11/h4H,1-3,5H2,(H,12,14). The van der Waals surface area contributed by atoms with Crippen molar-refractivity contribution in [1.29, 1.82) is 5.26 Å². The Balaban J connectivity index is 2.07. The summed E-state index contributed by atoms with van der Waals surface area (Å²) < 4.78 is 0.541. The summed E-state index contributed by atoms with van der Waals surface area (Å²) in [5, 5.41) is 11.7. The second kappa shape index (κ2) is 5.14. The Morgan fingerprint density at radius 2 is 2.62 bits per heavy atom. The van der Waals surface area contributed by atoms with Crippen LogP contribution in [0.1, 0.15) is 11.3 Å². The smallest absolute Gasteiger partial charge is 0.210 e. The van der Waals surface area contributed by atoms with Crippen molar-refractivity contribution >= 4 is 28.9 Å². The van der Waals surface area contributed by atoms with Gasteiger partial charge in [-0.2, -0.15) is 5.26 Å². The van der Waals surface area contributed by atoms with Crippen LogP contribution in [-0.2, 0) is 6.54 Å². The largest absolute Gasteiger partial charge is 0.355 e. The van der Waals surface area contributed by atoms with Gasteiger partial charge in [0, 0.05) is 24.2 Å². The maximum atomic E-state index is 8.57. The number of halogens is 1. The number of thiazole rings is 1. The summed E-state index contributed by atoms with van der Waals surface area (Å²) in [4.78, 5) is 10.8. The maximum Gasteiger partial charge on any atom is 0.210 e. The Bertz CT molecular complexity index is 435. The Hall–Kier alpha value is -1.32. The molecule has 2 rings (SSSR count). The van der Waals surface area contributed by atoms with E-state index in [4.69, 9.17) is 16.9 Å². The second-order valence-electron chi connectivity index (χ2n) is 3.32. The molecular formula is C9H10ClN5S. The number of aromatic nitrogens is 1. The molecule has 5 nitrogen and oxygen atoms in total. The Morgan fingerprint density at radius 3 is 3.31 bits per heavy atom. The van der Waals surface area contributed by atoms with Gasteiger partial charge in [0.05, 0.1) is 6.54 Å². The van der Waals surface area contributed by atoms with Gasteiger partial charge in [0.15, 0.2) is 4.47 Å².